The molecule has 0 spiro atoms. The highest BCUT2D eigenvalue weighted by atomic mass is 35.5. The van der Waals surface area contributed by atoms with E-state index in [9.17, 15) is 22.7 Å². The van der Waals surface area contributed by atoms with Gasteiger partial charge >= 0.3 is 0 Å². The molecule has 2 aromatic carbocycles. The second-order valence-corrected chi connectivity index (χ2v) is 9.40. The molecule has 0 radical (unpaired) electrons. The molecular weight excluding hydrogens is 447 g/mol. The van der Waals surface area contributed by atoms with E-state index in [0.29, 0.717) is 24.8 Å². The van der Waals surface area contributed by atoms with Crippen LogP contribution in [0.3, 0.4) is 0 Å². The molecule has 0 unspecified atom stereocenters. The van der Waals surface area contributed by atoms with Gasteiger partial charge in [-0.2, -0.15) is 0 Å². The Kier molecular flexibility index (Phi) is 8.01. The van der Waals surface area contributed by atoms with E-state index < -0.39 is 28.0 Å². The summed E-state index contributed by atoms with van der Waals surface area (Å²) in [6.45, 7) is -0.154. The number of sulfonamides is 1. The lowest BCUT2D eigenvalue weighted by Gasteiger charge is -2.36. The van der Waals surface area contributed by atoms with Crippen molar-refractivity contribution >= 4 is 27.5 Å². The number of nitrogens with one attached hydrogen (secondary N) is 2. The third-order valence-electron chi connectivity index (χ3n) is 5.10. The number of carbonyl (C=O) groups is 1. The lowest BCUT2D eigenvalue weighted by atomic mass is 9.97. The van der Waals surface area contributed by atoms with Crippen molar-refractivity contribution in [3.63, 3.8) is 0 Å². The Morgan fingerprint density at radius 3 is 2.55 bits per heavy atom. The molecule has 0 aliphatic carbocycles. The highest BCUT2D eigenvalue weighted by molar-refractivity contribution is 7.89. The van der Waals surface area contributed by atoms with Crippen LogP contribution in [0.25, 0.3) is 0 Å². The van der Waals surface area contributed by atoms with Gasteiger partial charge in [0.05, 0.1) is 23.8 Å². The Morgan fingerprint density at radius 2 is 1.87 bits per heavy atom. The van der Waals surface area contributed by atoms with Crippen LogP contribution < -0.4 is 10.0 Å². The highest BCUT2D eigenvalue weighted by Gasteiger charge is 2.32. The van der Waals surface area contributed by atoms with Gasteiger partial charge in [0, 0.05) is 12.1 Å². The predicted molar refractivity (Wildman–Crippen MR) is 114 cm³/mol. The summed E-state index contributed by atoms with van der Waals surface area (Å²) in [5.74, 6) is -0.809. The lowest BCUT2D eigenvalue weighted by Crippen LogP contribution is -2.51. The van der Waals surface area contributed by atoms with E-state index in [0.717, 1.165) is 0 Å². The van der Waals surface area contributed by atoms with E-state index in [-0.39, 0.29) is 35.1 Å². The summed E-state index contributed by atoms with van der Waals surface area (Å²) < 4.78 is 46.2. The van der Waals surface area contributed by atoms with Crippen LogP contribution in [0, 0.1) is 5.82 Å². The number of amides is 1. The molecule has 1 saturated heterocycles. The molecule has 31 heavy (non-hydrogen) atoms. The van der Waals surface area contributed by atoms with Gasteiger partial charge in [-0.1, -0.05) is 23.7 Å². The molecule has 1 amide bonds. The third-order valence-corrected chi connectivity index (χ3v) is 7.06. The van der Waals surface area contributed by atoms with Crippen molar-refractivity contribution < 1.29 is 27.4 Å². The Labute approximate surface area is 185 Å². The molecule has 3 atom stereocenters. The van der Waals surface area contributed by atoms with Gasteiger partial charge in [0.1, 0.15) is 16.8 Å². The van der Waals surface area contributed by atoms with E-state index in [4.69, 9.17) is 16.3 Å². The van der Waals surface area contributed by atoms with E-state index in [1.54, 1.807) is 12.1 Å². The molecule has 3 rings (SSSR count). The fraction of sp³-hybridized carbons (Fsp3) is 0.381. The molecule has 2 aromatic rings. The quantitative estimate of drug-likeness (QED) is 0.549. The number of rotatable bonds is 8. The van der Waals surface area contributed by atoms with Crippen LogP contribution >= 0.6 is 11.6 Å². The lowest BCUT2D eigenvalue weighted by molar-refractivity contribution is -0.0891. The van der Waals surface area contributed by atoms with Crippen LogP contribution in [0.4, 0.5) is 4.39 Å². The number of ether oxygens (including phenoxy) is 1. The number of hydrogen-bond donors (Lipinski definition) is 3. The van der Waals surface area contributed by atoms with Crippen LogP contribution in [-0.4, -0.2) is 50.8 Å². The third kappa shape index (κ3) is 6.24. The number of halogens is 2. The minimum absolute atomic E-state index is 0.0121. The first-order valence-electron chi connectivity index (χ1n) is 9.87. The summed E-state index contributed by atoms with van der Waals surface area (Å²) in [6, 6.07) is 11.0. The van der Waals surface area contributed by atoms with Crippen molar-refractivity contribution in [3.05, 3.63) is 64.9 Å². The summed E-state index contributed by atoms with van der Waals surface area (Å²) in [5.41, 5.74) is 0.314. The standard InChI is InChI=1S/C21H24ClFN2O5S/c22-17-3-1-2-4-20(17)31(28,29)24-12-11-16-9-10-18(19(13-26)30-16)25-21(27)14-5-7-15(23)8-6-14/h1-8,16,18-19,24,26H,9-13H2,(H,25,27)/t16-,18+,19-/m1/s1. The van der Waals surface area contributed by atoms with Crippen LogP contribution in [0.5, 0.6) is 0 Å². The van der Waals surface area contributed by atoms with Crippen LogP contribution in [-0.2, 0) is 14.8 Å². The predicted octanol–water partition coefficient (Wildman–Crippen LogP) is 2.49. The Morgan fingerprint density at radius 1 is 1.16 bits per heavy atom. The molecule has 168 valence electrons. The average molecular weight is 471 g/mol. The summed E-state index contributed by atoms with van der Waals surface area (Å²) >= 11 is 5.96. The van der Waals surface area contributed by atoms with Crippen molar-refractivity contribution in [2.75, 3.05) is 13.2 Å². The van der Waals surface area contributed by atoms with Gasteiger partial charge in [0.15, 0.2) is 0 Å². The topological polar surface area (TPSA) is 105 Å². The monoisotopic (exact) mass is 470 g/mol. The zero-order chi connectivity index (χ0) is 22.4. The maximum absolute atomic E-state index is 13.0. The van der Waals surface area contributed by atoms with E-state index >= 15 is 0 Å². The first-order chi connectivity index (χ1) is 14.8. The van der Waals surface area contributed by atoms with Gasteiger partial charge in [-0.05, 0) is 55.7 Å². The average Bonchev–Trinajstić information content (AvgIpc) is 2.75. The molecule has 1 aliphatic rings. The summed E-state index contributed by atoms with van der Waals surface area (Å²) in [4.78, 5) is 12.4. The zero-order valence-electron chi connectivity index (χ0n) is 16.6. The molecule has 3 N–H and O–H groups in total. The van der Waals surface area contributed by atoms with Gasteiger partial charge in [0.2, 0.25) is 10.0 Å². The van der Waals surface area contributed by atoms with Crippen molar-refractivity contribution in [1.82, 2.24) is 10.0 Å². The molecule has 0 bridgehead atoms. The molecule has 1 aliphatic heterocycles. The normalized spacial score (nSPS) is 21.6. The number of aliphatic hydroxyl groups is 1. The largest absolute Gasteiger partial charge is 0.394 e. The second-order valence-electron chi connectivity index (χ2n) is 7.26. The number of aliphatic hydroxyl groups excluding tert-OH is 1. The smallest absolute Gasteiger partial charge is 0.251 e. The van der Waals surface area contributed by atoms with Gasteiger partial charge in [-0.25, -0.2) is 17.5 Å². The Balaban J connectivity index is 1.51. The minimum Gasteiger partial charge on any atom is -0.394 e. The summed E-state index contributed by atoms with van der Waals surface area (Å²) in [7, 11) is -3.74. The van der Waals surface area contributed by atoms with Crippen molar-refractivity contribution in [1.29, 1.82) is 0 Å². The maximum atomic E-state index is 13.0. The van der Waals surface area contributed by atoms with Crippen LogP contribution in [0.1, 0.15) is 29.6 Å². The SMILES string of the molecule is O=C(N[C@H]1CC[C@H](CCNS(=O)(=O)c2ccccc2Cl)O[C@@H]1CO)c1ccc(F)cc1. The van der Waals surface area contributed by atoms with Crippen LogP contribution in [0.15, 0.2) is 53.4 Å². The fourth-order valence-electron chi connectivity index (χ4n) is 3.46. The van der Waals surface area contributed by atoms with Crippen LogP contribution in [0.2, 0.25) is 5.02 Å². The molecule has 7 nitrogen and oxygen atoms in total. The molecule has 0 aromatic heterocycles. The molecule has 1 heterocycles. The maximum Gasteiger partial charge on any atom is 0.251 e. The van der Waals surface area contributed by atoms with E-state index in [1.165, 1.54) is 36.4 Å². The number of benzene rings is 2. The molecule has 10 heteroatoms. The van der Waals surface area contributed by atoms with E-state index in [1.807, 2.05) is 0 Å². The van der Waals surface area contributed by atoms with Crippen molar-refractivity contribution in [2.45, 2.75) is 42.4 Å². The van der Waals surface area contributed by atoms with Gasteiger partial charge in [0.25, 0.3) is 5.91 Å². The Hall–Kier alpha value is -2.04. The van der Waals surface area contributed by atoms with Crippen molar-refractivity contribution in [3.8, 4) is 0 Å². The summed E-state index contributed by atoms with van der Waals surface area (Å²) in [5, 5.41) is 12.6. The molecule has 1 fully saturated rings. The summed E-state index contributed by atoms with van der Waals surface area (Å²) in [6.07, 6.45) is 0.644. The number of carbonyl (C=O) groups excluding carboxylic acids is 1. The minimum atomic E-state index is -3.74. The second kappa shape index (κ2) is 10.5. The number of hydrogen-bond acceptors (Lipinski definition) is 5. The first-order valence-corrected chi connectivity index (χ1v) is 11.7. The van der Waals surface area contributed by atoms with Crippen molar-refractivity contribution in [2.24, 2.45) is 0 Å². The Bertz CT molecular complexity index is 1000. The van der Waals surface area contributed by atoms with E-state index in [2.05, 4.69) is 10.0 Å². The van der Waals surface area contributed by atoms with Gasteiger partial charge < -0.3 is 15.2 Å². The van der Waals surface area contributed by atoms with Gasteiger partial charge in [-0.15, -0.1) is 0 Å². The molecule has 0 saturated carbocycles. The fourth-order valence-corrected chi connectivity index (χ4v) is 5.02. The zero-order valence-corrected chi connectivity index (χ0v) is 18.2. The highest BCUT2D eigenvalue weighted by Crippen LogP contribution is 2.23. The molecular formula is C21H24ClFN2O5S. The van der Waals surface area contributed by atoms with Gasteiger partial charge in [-0.3, -0.25) is 4.79 Å². The first kappa shape index (κ1) is 23.6.